The van der Waals surface area contributed by atoms with Crippen LogP contribution in [0.1, 0.15) is 25.3 Å². The molecule has 1 atom stereocenters. The molecule has 1 rings (SSSR count). The number of aliphatic carboxylic acids is 1. The van der Waals surface area contributed by atoms with Crippen molar-refractivity contribution in [2.45, 2.75) is 37.6 Å². The molecule has 1 aromatic rings. The highest BCUT2D eigenvalue weighted by Crippen LogP contribution is 2.18. The van der Waals surface area contributed by atoms with Crippen LogP contribution in [0, 0.1) is 6.92 Å². The topological polar surface area (TPSA) is 66.4 Å². The second kappa shape index (κ2) is 7.84. The lowest BCUT2D eigenvalue weighted by Gasteiger charge is -2.11. The zero-order chi connectivity index (χ0) is 14.3. The number of amides is 1. The Kier molecular flexibility index (Phi) is 6.42. The Hall–Kier alpha value is -1.49. The molecule has 0 aromatic heterocycles. The van der Waals surface area contributed by atoms with Gasteiger partial charge in [0.2, 0.25) is 5.91 Å². The van der Waals surface area contributed by atoms with Crippen LogP contribution in [0.2, 0.25) is 0 Å². The summed E-state index contributed by atoms with van der Waals surface area (Å²) in [4.78, 5) is 23.5. The van der Waals surface area contributed by atoms with E-state index in [1.54, 1.807) is 18.7 Å². The fourth-order valence-electron chi connectivity index (χ4n) is 1.50. The average Bonchev–Trinajstić information content (AvgIpc) is 2.38. The number of hydrogen-bond donors (Lipinski definition) is 2. The van der Waals surface area contributed by atoms with Gasteiger partial charge < -0.3 is 10.4 Å². The maximum absolute atomic E-state index is 11.6. The summed E-state index contributed by atoms with van der Waals surface area (Å²) in [5, 5.41) is 11.3. The lowest BCUT2D eigenvalue weighted by Crippen LogP contribution is -2.40. The molecule has 4 nitrogen and oxygen atoms in total. The van der Waals surface area contributed by atoms with Crippen molar-refractivity contribution in [3.63, 3.8) is 0 Å². The SMILES string of the molecule is CC[C@H](NC(=O)CCSc1ccc(C)cc1)C(=O)O. The van der Waals surface area contributed by atoms with Crippen LogP contribution in [0.25, 0.3) is 0 Å². The Morgan fingerprint density at radius 2 is 1.95 bits per heavy atom. The highest BCUT2D eigenvalue weighted by Gasteiger charge is 2.16. The van der Waals surface area contributed by atoms with Gasteiger partial charge in [-0.1, -0.05) is 24.6 Å². The van der Waals surface area contributed by atoms with Crippen LogP contribution >= 0.6 is 11.8 Å². The minimum absolute atomic E-state index is 0.214. The van der Waals surface area contributed by atoms with Gasteiger partial charge in [-0.25, -0.2) is 4.79 Å². The van der Waals surface area contributed by atoms with Gasteiger partial charge in [0.1, 0.15) is 6.04 Å². The Morgan fingerprint density at radius 1 is 1.32 bits per heavy atom. The molecule has 0 unspecified atom stereocenters. The summed E-state index contributed by atoms with van der Waals surface area (Å²) in [5.74, 6) is -0.554. The smallest absolute Gasteiger partial charge is 0.326 e. The van der Waals surface area contributed by atoms with Crippen LogP contribution in [0.4, 0.5) is 0 Å². The molecule has 0 fully saturated rings. The number of carboxylic acids is 1. The third kappa shape index (κ3) is 5.79. The van der Waals surface area contributed by atoms with Crippen molar-refractivity contribution < 1.29 is 14.7 Å². The Labute approximate surface area is 117 Å². The fraction of sp³-hybridized carbons (Fsp3) is 0.429. The molecule has 0 saturated carbocycles. The van der Waals surface area contributed by atoms with Gasteiger partial charge in [-0.2, -0.15) is 0 Å². The molecular weight excluding hydrogens is 262 g/mol. The van der Waals surface area contributed by atoms with Gasteiger partial charge in [0.15, 0.2) is 0 Å². The highest BCUT2D eigenvalue weighted by atomic mass is 32.2. The second-order valence-electron chi connectivity index (χ2n) is 4.28. The van der Waals surface area contributed by atoms with Gasteiger partial charge in [-0.05, 0) is 25.5 Å². The van der Waals surface area contributed by atoms with E-state index in [4.69, 9.17) is 5.11 Å². The van der Waals surface area contributed by atoms with Crippen molar-refractivity contribution in [3.05, 3.63) is 29.8 Å². The summed E-state index contributed by atoms with van der Waals surface area (Å²) < 4.78 is 0. The van der Waals surface area contributed by atoms with Gasteiger partial charge >= 0.3 is 5.97 Å². The van der Waals surface area contributed by atoms with Crippen molar-refractivity contribution in [1.29, 1.82) is 0 Å². The van der Waals surface area contributed by atoms with Gasteiger partial charge in [0.05, 0.1) is 0 Å². The summed E-state index contributed by atoms with van der Waals surface area (Å²) in [6.45, 7) is 3.76. The first kappa shape index (κ1) is 15.6. The minimum Gasteiger partial charge on any atom is -0.480 e. The Bertz CT molecular complexity index is 431. The van der Waals surface area contributed by atoms with E-state index >= 15 is 0 Å². The minimum atomic E-state index is -0.984. The third-order valence-corrected chi connectivity index (χ3v) is 3.67. The molecule has 104 valence electrons. The largest absolute Gasteiger partial charge is 0.480 e. The molecule has 2 N–H and O–H groups in total. The van der Waals surface area contributed by atoms with Crippen molar-refractivity contribution in [2.24, 2.45) is 0 Å². The van der Waals surface area contributed by atoms with E-state index < -0.39 is 12.0 Å². The zero-order valence-electron chi connectivity index (χ0n) is 11.2. The average molecular weight is 281 g/mol. The lowest BCUT2D eigenvalue weighted by atomic mass is 10.2. The van der Waals surface area contributed by atoms with Gasteiger partial charge in [0, 0.05) is 17.1 Å². The summed E-state index contributed by atoms with van der Waals surface area (Å²) in [5.41, 5.74) is 1.20. The van der Waals surface area contributed by atoms with Gasteiger partial charge in [-0.3, -0.25) is 4.79 Å². The monoisotopic (exact) mass is 281 g/mol. The first-order valence-electron chi connectivity index (χ1n) is 6.24. The molecule has 0 bridgehead atoms. The number of carbonyl (C=O) groups is 2. The van der Waals surface area contributed by atoms with E-state index in [0.29, 0.717) is 18.6 Å². The summed E-state index contributed by atoms with van der Waals surface area (Å²) in [7, 11) is 0. The number of carbonyl (C=O) groups excluding carboxylic acids is 1. The first-order chi connectivity index (χ1) is 9.02. The maximum Gasteiger partial charge on any atom is 0.326 e. The molecule has 0 heterocycles. The zero-order valence-corrected chi connectivity index (χ0v) is 12.0. The van der Waals surface area contributed by atoms with Crippen molar-refractivity contribution in [1.82, 2.24) is 5.32 Å². The van der Waals surface area contributed by atoms with Crippen molar-refractivity contribution in [2.75, 3.05) is 5.75 Å². The van der Waals surface area contributed by atoms with Crippen LogP contribution in [-0.4, -0.2) is 28.8 Å². The maximum atomic E-state index is 11.6. The van der Waals surface area contributed by atoms with Crippen LogP contribution < -0.4 is 5.32 Å². The summed E-state index contributed by atoms with van der Waals surface area (Å²) in [6.07, 6.45) is 0.717. The first-order valence-corrected chi connectivity index (χ1v) is 7.23. The molecule has 0 aliphatic rings. The number of rotatable bonds is 7. The second-order valence-corrected chi connectivity index (χ2v) is 5.45. The number of thioether (sulfide) groups is 1. The number of nitrogens with one attached hydrogen (secondary N) is 1. The number of carboxylic acid groups (broad SMARTS) is 1. The standard InChI is InChI=1S/C14H19NO3S/c1-3-12(14(17)18)15-13(16)8-9-19-11-6-4-10(2)5-7-11/h4-7,12H,3,8-9H2,1-2H3,(H,15,16)(H,17,18)/t12-/m0/s1. The van der Waals surface area contributed by atoms with Crippen LogP contribution in [0.5, 0.6) is 0 Å². The predicted octanol–water partition coefficient (Wildman–Crippen LogP) is 2.46. The highest BCUT2D eigenvalue weighted by molar-refractivity contribution is 7.99. The van der Waals surface area contributed by atoms with Crippen LogP contribution in [0.15, 0.2) is 29.2 Å². The van der Waals surface area contributed by atoms with E-state index in [1.165, 1.54) is 5.56 Å². The Balaban J connectivity index is 2.30. The number of aryl methyl sites for hydroxylation is 1. The molecule has 19 heavy (non-hydrogen) atoms. The molecular formula is C14H19NO3S. The Morgan fingerprint density at radius 3 is 2.47 bits per heavy atom. The number of hydrogen-bond acceptors (Lipinski definition) is 3. The predicted molar refractivity (Wildman–Crippen MR) is 76.4 cm³/mol. The van der Waals surface area contributed by atoms with E-state index in [2.05, 4.69) is 5.32 Å². The molecule has 0 aliphatic carbocycles. The molecule has 0 aliphatic heterocycles. The quantitative estimate of drug-likeness (QED) is 0.753. The van der Waals surface area contributed by atoms with E-state index in [-0.39, 0.29) is 5.91 Å². The molecule has 0 radical (unpaired) electrons. The van der Waals surface area contributed by atoms with E-state index in [0.717, 1.165) is 4.90 Å². The number of benzene rings is 1. The normalized spacial score (nSPS) is 11.9. The van der Waals surface area contributed by atoms with E-state index in [9.17, 15) is 9.59 Å². The summed E-state index contributed by atoms with van der Waals surface area (Å²) in [6, 6.07) is 7.31. The molecule has 1 amide bonds. The summed E-state index contributed by atoms with van der Waals surface area (Å²) >= 11 is 1.59. The lowest BCUT2D eigenvalue weighted by molar-refractivity contribution is -0.141. The molecule has 0 saturated heterocycles. The van der Waals surface area contributed by atoms with Crippen molar-refractivity contribution >= 4 is 23.6 Å². The van der Waals surface area contributed by atoms with Gasteiger partial charge in [0.25, 0.3) is 0 Å². The third-order valence-electron chi connectivity index (χ3n) is 2.66. The van der Waals surface area contributed by atoms with Crippen LogP contribution in [0.3, 0.4) is 0 Å². The van der Waals surface area contributed by atoms with Crippen LogP contribution in [-0.2, 0) is 9.59 Å². The molecule has 0 spiro atoms. The van der Waals surface area contributed by atoms with Crippen molar-refractivity contribution in [3.8, 4) is 0 Å². The van der Waals surface area contributed by atoms with Gasteiger partial charge in [-0.15, -0.1) is 11.8 Å². The van der Waals surface area contributed by atoms with E-state index in [1.807, 2.05) is 31.2 Å². The fourth-order valence-corrected chi connectivity index (χ4v) is 2.35. The molecule has 1 aromatic carbocycles. The molecule has 5 heteroatoms.